The summed E-state index contributed by atoms with van der Waals surface area (Å²) < 4.78 is 0.760. The highest BCUT2D eigenvalue weighted by molar-refractivity contribution is 9.10. The highest BCUT2D eigenvalue weighted by Gasteiger charge is 2.14. The quantitative estimate of drug-likeness (QED) is 0.758. The van der Waals surface area contributed by atoms with Crippen LogP contribution in [0.5, 0.6) is 0 Å². The number of rotatable bonds is 1. The number of halogens is 1. The van der Waals surface area contributed by atoms with Crippen LogP contribution in [-0.2, 0) is 4.79 Å². The van der Waals surface area contributed by atoms with E-state index in [-0.39, 0.29) is 5.91 Å². The Balaban J connectivity index is 2.13. The Morgan fingerprint density at radius 1 is 1.40 bits per heavy atom. The van der Waals surface area contributed by atoms with Crippen LogP contribution in [0, 0.1) is 0 Å². The van der Waals surface area contributed by atoms with Crippen molar-refractivity contribution in [2.45, 2.75) is 6.42 Å². The number of nitrogens with zero attached hydrogens (tertiary/aromatic N) is 3. The van der Waals surface area contributed by atoms with Crippen molar-refractivity contribution < 1.29 is 4.79 Å². The number of hydrogen-bond acceptors (Lipinski definition) is 4. The molecule has 1 N–H and O–H groups in total. The standard InChI is InChI=1S/C9H11BrN4O/c10-7-5-8(13-6-12-7)14-3-1-9(15)11-2-4-14/h5-6H,1-4H2,(H,11,15). The van der Waals surface area contributed by atoms with Gasteiger partial charge in [-0.2, -0.15) is 0 Å². The Morgan fingerprint density at radius 3 is 3.07 bits per heavy atom. The first-order valence-electron chi connectivity index (χ1n) is 4.75. The number of carbonyl (C=O) groups is 1. The second-order valence-electron chi connectivity index (χ2n) is 3.29. The smallest absolute Gasteiger partial charge is 0.221 e. The molecule has 0 bridgehead atoms. The molecule has 1 aliphatic heterocycles. The molecular weight excluding hydrogens is 260 g/mol. The number of amides is 1. The van der Waals surface area contributed by atoms with Gasteiger partial charge in [0.15, 0.2) is 0 Å². The van der Waals surface area contributed by atoms with Gasteiger partial charge in [0.05, 0.1) is 0 Å². The molecule has 80 valence electrons. The number of nitrogens with one attached hydrogen (secondary N) is 1. The minimum atomic E-state index is 0.102. The fraction of sp³-hybridized carbons (Fsp3) is 0.444. The first-order chi connectivity index (χ1) is 7.25. The summed E-state index contributed by atoms with van der Waals surface area (Å²) in [6.45, 7) is 2.16. The number of aromatic nitrogens is 2. The van der Waals surface area contributed by atoms with Gasteiger partial charge in [-0.15, -0.1) is 0 Å². The summed E-state index contributed by atoms with van der Waals surface area (Å²) >= 11 is 3.30. The summed E-state index contributed by atoms with van der Waals surface area (Å²) in [4.78, 5) is 21.4. The molecule has 0 unspecified atom stereocenters. The van der Waals surface area contributed by atoms with E-state index in [1.165, 1.54) is 6.33 Å². The van der Waals surface area contributed by atoms with Crippen LogP contribution in [-0.4, -0.2) is 35.5 Å². The molecule has 1 amide bonds. The fourth-order valence-corrected chi connectivity index (χ4v) is 1.79. The molecule has 2 heterocycles. The second-order valence-corrected chi connectivity index (χ2v) is 4.10. The van der Waals surface area contributed by atoms with Gasteiger partial charge < -0.3 is 10.2 Å². The van der Waals surface area contributed by atoms with Crippen molar-refractivity contribution in [3.63, 3.8) is 0 Å². The molecule has 2 rings (SSSR count). The largest absolute Gasteiger partial charge is 0.354 e. The van der Waals surface area contributed by atoms with Gasteiger partial charge in [0, 0.05) is 32.1 Å². The van der Waals surface area contributed by atoms with Gasteiger partial charge in [0.2, 0.25) is 5.91 Å². The second kappa shape index (κ2) is 4.57. The molecule has 0 atom stereocenters. The van der Waals surface area contributed by atoms with Crippen LogP contribution in [0.15, 0.2) is 17.0 Å². The third-order valence-electron chi connectivity index (χ3n) is 2.26. The Labute approximate surface area is 96.0 Å². The average Bonchev–Trinajstić information content (AvgIpc) is 2.43. The van der Waals surface area contributed by atoms with E-state index in [1.807, 2.05) is 6.07 Å². The van der Waals surface area contributed by atoms with Crippen molar-refractivity contribution >= 4 is 27.7 Å². The summed E-state index contributed by atoms with van der Waals surface area (Å²) in [5.41, 5.74) is 0. The Hall–Kier alpha value is -1.17. The molecule has 5 nitrogen and oxygen atoms in total. The average molecular weight is 271 g/mol. The Morgan fingerprint density at radius 2 is 2.27 bits per heavy atom. The van der Waals surface area contributed by atoms with E-state index >= 15 is 0 Å². The normalized spacial score (nSPS) is 17.1. The summed E-state index contributed by atoms with van der Waals surface area (Å²) in [6.07, 6.45) is 2.03. The third kappa shape index (κ3) is 2.65. The molecule has 1 aromatic heterocycles. The molecule has 0 spiro atoms. The lowest BCUT2D eigenvalue weighted by Gasteiger charge is -2.20. The molecule has 15 heavy (non-hydrogen) atoms. The highest BCUT2D eigenvalue weighted by atomic mass is 79.9. The molecule has 1 saturated heterocycles. The van der Waals surface area contributed by atoms with Crippen LogP contribution in [0.25, 0.3) is 0 Å². The number of hydrogen-bond donors (Lipinski definition) is 1. The molecule has 0 saturated carbocycles. The number of anilines is 1. The maximum absolute atomic E-state index is 11.1. The minimum absolute atomic E-state index is 0.102. The van der Waals surface area contributed by atoms with Crippen LogP contribution in [0.3, 0.4) is 0 Å². The van der Waals surface area contributed by atoms with E-state index < -0.39 is 0 Å². The van der Waals surface area contributed by atoms with E-state index in [1.54, 1.807) is 0 Å². The zero-order valence-electron chi connectivity index (χ0n) is 8.11. The van der Waals surface area contributed by atoms with Gasteiger partial charge >= 0.3 is 0 Å². The first kappa shape index (κ1) is 10.4. The zero-order valence-corrected chi connectivity index (χ0v) is 9.70. The Kier molecular flexibility index (Phi) is 3.15. The van der Waals surface area contributed by atoms with E-state index in [0.29, 0.717) is 19.5 Å². The van der Waals surface area contributed by atoms with Crippen molar-refractivity contribution in [2.24, 2.45) is 0 Å². The SMILES string of the molecule is O=C1CCN(c2cc(Br)ncn2)CCN1. The predicted molar refractivity (Wildman–Crippen MR) is 59.6 cm³/mol. The first-order valence-corrected chi connectivity index (χ1v) is 5.54. The van der Waals surface area contributed by atoms with Crippen molar-refractivity contribution in [1.29, 1.82) is 0 Å². The zero-order chi connectivity index (χ0) is 10.7. The molecule has 1 aromatic rings. The van der Waals surface area contributed by atoms with Gasteiger partial charge in [-0.1, -0.05) is 0 Å². The van der Waals surface area contributed by atoms with E-state index in [4.69, 9.17) is 0 Å². The van der Waals surface area contributed by atoms with Crippen LogP contribution < -0.4 is 10.2 Å². The molecule has 0 radical (unpaired) electrons. The Bertz CT molecular complexity index is 371. The predicted octanol–water partition coefficient (Wildman–Crippen LogP) is 0.565. The van der Waals surface area contributed by atoms with Crippen LogP contribution in [0.2, 0.25) is 0 Å². The maximum Gasteiger partial charge on any atom is 0.221 e. The lowest BCUT2D eigenvalue weighted by molar-refractivity contribution is -0.120. The van der Waals surface area contributed by atoms with Gasteiger partial charge in [-0.3, -0.25) is 4.79 Å². The highest BCUT2D eigenvalue weighted by Crippen LogP contribution is 2.15. The molecule has 1 aliphatic rings. The molecule has 0 aromatic carbocycles. The topological polar surface area (TPSA) is 58.1 Å². The lowest BCUT2D eigenvalue weighted by Crippen LogP contribution is -2.29. The minimum Gasteiger partial charge on any atom is -0.354 e. The lowest BCUT2D eigenvalue weighted by atomic mass is 10.4. The van der Waals surface area contributed by atoms with E-state index in [0.717, 1.165) is 17.0 Å². The van der Waals surface area contributed by atoms with Crippen molar-refractivity contribution in [3.05, 3.63) is 17.0 Å². The molecular formula is C9H11BrN4O. The third-order valence-corrected chi connectivity index (χ3v) is 2.69. The molecule has 6 heteroatoms. The fourth-order valence-electron chi connectivity index (χ4n) is 1.49. The van der Waals surface area contributed by atoms with Gasteiger partial charge in [0.25, 0.3) is 0 Å². The summed E-state index contributed by atoms with van der Waals surface area (Å²) in [6, 6.07) is 1.86. The van der Waals surface area contributed by atoms with Crippen LogP contribution >= 0.6 is 15.9 Å². The van der Waals surface area contributed by atoms with E-state index in [9.17, 15) is 4.79 Å². The molecule has 0 aliphatic carbocycles. The van der Waals surface area contributed by atoms with Gasteiger partial charge in [-0.05, 0) is 15.9 Å². The van der Waals surface area contributed by atoms with Gasteiger partial charge in [-0.25, -0.2) is 9.97 Å². The van der Waals surface area contributed by atoms with Crippen molar-refractivity contribution in [3.8, 4) is 0 Å². The maximum atomic E-state index is 11.1. The van der Waals surface area contributed by atoms with Gasteiger partial charge in [0.1, 0.15) is 16.7 Å². The van der Waals surface area contributed by atoms with E-state index in [2.05, 4.69) is 36.1 Å². The summed E-state index contributed by atoms with van der Waals surface area (Å²) in [5.74, 6) is 0.957. The summed E-state index contributed by atoms with van der Waals surface area (Å²) in [5, 5.41) is 2.82. The monoisotopic (exact) mass is 270 g/mol. The summed E-state index contributed by atoms with van der Waals surface area (Å²) in [7, 11) is 0. The number of carbonyl (C=O) groups excluding carboxylic acids is 1. The van der Waals surface area contributed by atoms with Crippen LogP contribution in [0.4, 0.5) is 5.82 Å². The van der Waals surface area contributed by atoms with Crippen molar-refractivity contribution in [1.82, 2.24) is 15.3 Å². The van der Waals surface area contributed by atoms with Crippen LogP contribution in [0.1, 0.15) is 6.42 Å². The van der Waals surface area contributed by atoms with Crippen molar-refractivity contribution in [2.75, 3.05) is 24.5 Å². The molecule has 1 fully saturated rings.